The summed E-state index contributed by atoms with van der Waals surface area (Å²) in [5.41, 5.74) is 1.46. The second kappa shape index (κ2) is 8.80. The molecule has 1 aliphatic rings. The number of rotatable bonds is 7. The first-order valence-corrected chi connectivity index (χ1v) is 9.36. The van der Waals surface area contributed by atoms with Gasteiger partial charge in [0.1, 0.15) is 18.1 Å². The van der Waals surface area contributed by atoms with E-state index >= 15 is 0 Å². The van der Waals surface area contributed by atoms with E-state index in [1.165, 1.54) is 37.5 Å². The van der Waals surface area contributed by atoms with Gasteiger partial charge in [0.15, 0.2) is 11.3 Å². The molecule has 8 nitrogen and oxygen atoms in total. The van der Waals surface area contributed by atoms with Gasteiger partial charge in [0.25, 0.3) is 0 Å². The zero-order valence-electron chi connectivity index (χ0n) is 16.5. The Morgan fingerprint density at radius 3 is 2.84 bits per heavy atom. The lowest BCUT2D eigenvalue weighted by Gasteiger charge is -2.09. The maximum atomic E-state index is 13.2. The smallest absolute Gasteiger partial charge is 0.347 e. The number of aromatic amines is 1. The largest absolute Gasteiger partial charge is 0.459 e. The summed E-state index contributed by atoms with van der Waals surface area (Å²) in [6.45, 7) is 0.156. The lowest BCUT2D eigenvalue weighted by molar-refractivity contribution is -0.141. The Labute approximate surface area is 176 Å². The highest BCUT2D eigenvalue weighted by molar-refractivity contribution is 6.26. The maximum absolute atomic E-state index is 13.2. The predicted molar refractivity (Wildman–Crippen MR) is 110 cm³/mol. The molecular weight excluding hydrogens is 405 g/mol. The molecule has 0 saturated carbocycles. The van der Waals surface area contributed by atoms with Crippen LogP contribution >= 0.6 is 0 Å². The molecule has 0 atom stereocenters. The zero-order chi connectivity index (χ0) is 21.8. The van der Waals surface area contributed by atoms with Crippen molar-refractivity contribution in [2.45, 2.75) is 0 Å². The van der Waals surface area contributed by atoms with Crippen LogP contribution in [0.4, 0.5) is 10.1 Å². The van der Waals surface area contributed by atoms with Gasteiger partial charge in [-0.3, -0.25) is 4.79 Å². The van der Waals surface area contributed by atoms with E-state index in [2.05, 4.69) is 15.3 Å². The van der Waals surface area contributed by atoms with E-state index in [0.29, 0.717) is 16.9 Å². The number of nitrogens with one attached hydrogen (secondary N) is 2. The van der Waals surface area contributed by atoms with Crippen molar-refractivity contribution >= 4 is 34.5 Å². The summed E-state index contributed by atoms with van der Waals surface area (Å²) in [5, 5.41) is 3.63. The van der Waals surface area contributed by atoms with Crippen molar-refractivity contribution in [2.75, 3.05) is 25.6 Å². The highest BCUT2D eigenvalue weighted by atomic mass is 19.1. The Hall–Kier alpha value is -3.98. The van der Waals surface area contributed by atoms with Crippen LogP contribution in [-0.2, 0) is 23.8 Å². The van der Waals surface area contributed by atoms with Crippen LogP contribution in [0.2, 0.25) is 0 Å². The molecule has 3 heterocycles. The number of Topliss-reactive ketones (excluding diaryl/α,β-unsaturated/α-hetero) is 1. The van der Waals surface area contributed by atoms with Gasteiger partial charge in [0.2, 0.25) is 11.7 Å². The Morgan fingerprint density at radius 2 is 2.06 bits per heavy atom. The fourth-order valence-electron chi connectivity index (χ4n) is 2.99. The second-order valence-electron chi connectivity index (χ2n) is 6.55. The third-order valence-electron chi connectivity index (χ3n) is 4.49. The van der Waals surface area contributed by atoms with Crippen molar-refractivity contribution in [3.8, 4) is 0 Å². The van der Waals surface area contributed by atoms with E-state index in [1.54, 1.807) is 18.5 Å². The molecule has 31 heavy (non-hydrogen) atoms. The number of ketones is 1. The molecule has 0 amide bonds. The molecule has 158 valence electrons. The molecule has 0 saturated heterocycles. The van der Waals surface area contributed by atoms with E-state index in [0.717, 1.165) is 5.39 Å². The molecule has 9 heteroatoms. The molecule has 0 unspecified atom stereocenters. The summed E-state index contributed by atoms with van der Waals surface area (Å²) in [5.74, 6) is -2.06. The molecule has 4 rings (SSSR count). The normalized spacial score (nSPS) is 14.9. The number of carbonyl (C=O) groups is 2. The highest BCUT2D eigenvalue weighted by Crippen LogP contribution is 2.30. The van der Waals surface area contributed by atoms with Gasteiger partial charge in [-0.15, -0.1) is 0 Å². The summed E-state index contributed by atoms with van der Waals surface area (Å²) in [7, 11) is 1.47. The summed E-state index contributed by atoms with van der Waals surface area (Å²) in [4.78, 5) is 32.8. The molecule has 1 aromatic carbocycles. The van der Waals surface area contributed by atoms with Gasteiger partial charge in [-0.2, -0.15) is 0 Å². The van der Waals surface area contributed by atoms with Crippen LogP contribution < -0.4 is 5.32 Å². The summed E-state index contributed by atoms with van der Waals surface area (Å²) >= 11 is 0. The van der Waals surface area contributed by atoms with E-state index in [9.17, 15) is 14.0 Å². The Balaban J connectivity index is 1.66. The van der Waals surface area contributed by atoms with Crippen molar-refractivity contribution in [1.82, 2.24) is 9.97 Å². The molecular formula is C22H18FN3O5. The topological polar surface area (TPSA) is 103 Å². The Kier molecular flexibility index (Phi) is 5.76. The number of fused-ring (bicyclic) bond motifs is 1. The first-order chi connectivity index (χ1) is 15.1. The van der Waals surface area contributed by atoms with Crippen LogP contribution in [0.25, 0.3) is 17.1 Å². The number of ether oxygens (including phenoxy) is 3. The summed E-state index contributed by atoms with van der Waals surface area (Å²) < 4.78 is 28.9. The number of pyridine rings is 1. The van der Waals surface area contributed by atoms with Gasteiger partial charge in [-0.05, 0) is 42.5 Å². The number of nitrogens with zero attached hydrogens (tertiary/aromatic N) is 1. The van der Waals surface area contributed by atoms with Crippen molar-refractivity contribution in [3.05, 3.63) is 77.4 Å². The van der Waals surface area contributed by atoms with Gasteiger partial charge in [-0.25, -0.2) is 14.2 Å². The number of carbonyl (C=O) groups excluding carboxylic acids is 2. The van der Waals surface area contributed by atoms with Crippen molar-refractivity contribution in [3.63, 3.8) is 0 Å². The number of aromatic nitrogens is 2. The van der Waals surface area contributed by atoms with E-state index < -0.39 is 17.6 Å². The Morgan fingerprint density at radius 1 is 1.26 bits per heavy atom. The minimum atomic E-state index is -0.851. The number of anilines is 1. The van der Waals surface area contributed by atoms with E-state index in [-0.39, 0.29) is 30.4 Å². The minimum absolute atomic E-state index is 0.0247. The number of methoxy groups -OCH3 is 1. The van der Waals surface area contributed by atoms with Crippen molar-refractivity contribution in [2.24, 2.45) is 0 Å². The van der Waals surface area contributed by atoms with Crippen LogP contribution in [0, 0.1) is 5.82 Å². The Bertz CT molecular complexity index is 1200. The molecule has 2 aromatic heterocycles. The zero-order valence-corrected chi connectivity index (χ0v) is 16.5. The van der Waals surface area contributed by atoms with Crippen molar-refractivity contribution < 1.29 is 28.2 Å². The number of allylic oxidation sites excluding steroid dienone is 1. The van der Waals surface area contributed by atoms with Crippen LogP contribution in [0.3, 0.4) is 0 Å². The molecule has 3 aromatic rings. The monoisotopic (exact) mass is 423 g/mol. The van der Waals surface area contributed by atoms with Crippen LogP contribution in [-0.4, -0.2) is 42.0 Å². The quantitative estimate of drug-likeness (QED) is 0.260. The first-order valence-electron chi connectivity index (χ1n) is 9.36. The average Bonchev–Trinajstić information content (AvgIpc) is 3.31. The standard InChI is InChI=1S/C22H18FN3O5/c1-29-9-10-30-22(28)18-19(27)17(11-13-12-25-20-16(13)3-2-8-24-20)31-21(18)26-15-6-4-14(23)5-7-15/h2-8,11-12,26H,9-10H2,1H3,(H,24,25). The molecule has 0 spiro atoms. The number of H-pyrrole nitrogens is 1. The first kappa shape index (κ1) is 20.3. The van der Waals surface area contributed by atoms with E-state index in [1.807, 2.05) is 6.07 Å². The second-order valence-corrected chi connectivity index (χ2v) is 6.55. The van der Waals surface area contributed by atoms with Crippen molar-refractivity contribution in [1.29, 1.82) is 0 Å². The third kappa shape index (κ3) is 4.31. The third-order valence-corrected chi connectivity index (χ3v) is 4.49. The average molecular weight is 423 g/mol. The predicted octanol–water partition coefficient (Wildman–Crippen LogP) is 3.16. The maximum Gasteiger partial charge on any atom is 0.347 e. The number of esters is 1. The van der Waals surface area contributed by atoms with Crippen LogP contribution in [0.5, 0.6) is 0 Å². The number of hydrogen-bond acceptors (Lipinski definition) is 7. The minimum Gasteiger partial charge on any atom is -0.459 e. The van der Waals surface area contributed by atoms with Crippen LogP contribution in [0.1, 0.15) is 5.56 Å². The molecule has 0 aliphatic carbocycles. The van der Waals surface area contributed by atoms with Gasteiger partial charge < -0.3 is 24.5 Å². The SMILES string of the molecule is COCCOC(=O)C1=C(Nc2ccc(F)cc2)OC(=Cc2c[nH]c3ncccc23)C1=O. The van der Waals surface area contributed by atoms with Gasteiger partial charge in [0.05, 0.1) is 6.61 Å². The lowest BCUT2D eigenvalue weighted by Crippen LogP contribution is -2.18. The molecule has 0 radical (unpaired) electrons. The fraction of sp³-hybridized carbons (Fsp3) is 0.136. The van der Waals surface area contributed by atoms with Gasteiger partial charge in [-0.1, -0.05) is 0 Å². The number of halogens is 1. The summed E-state index contributed by atoms with van der Waals surface area (Å²) in [6.07, 6.45) is 4.85. The van der Waals surface area contributed by atoms with Gasteiger partial charge >= 0.3 is 5.97 Å². The molecule has 2 N–H and O–H groups in total. The molecule has 1 aliphatic heterocycles. The highest BCUT2D eigenvalue weighted by Gasteiger charge is 2.37. The fourth-order valence-corrected chi connectivity index (χ4v) is 2.99. The van der Waals surface area contributed by atoms with Gasteiger partial charge in [0, 0.05) is 36.1 Å². The van der Waals surface area contributed by atoms with Crippen LogP contribution in [0.15, 0.2) is 66.0 Å². The van der Waals surface area contributed by atoms with E-state index in [4.69, 9.17) is 14.2 Å². The molecule has 0 fully saturated rings. The number of hydrogen-bond donors (Lipinski definition) is 2. The number of benzene rings is 1. The lowest BCUT2D eigenvalue weighted by atomic mass is 10.1. The summed E-state index contributed by atoms with van der Waals surface area (Å²) in [6, 6.07) is 9.01. The molecule has 0 bridgehead atoms.